The predicted molar refractivity (Wildman–Crippen MR) is 82.5 cm³/mol. The van der Waals surface area contributed by atoms with Gasteiger partial charge in [0.25, 0.3) is 0 Å². The molecule has 21 heavy (non-hydrogen) atoms. The molecule has 2 aromatic carbocycles. The maximum absolute atomic E-state index is 13.4. The van der Waals surface area contributed by atoms with Crippen LogP contribution in [0, 0.1) is 12.7 Å². The average molecular weight is 306 g/mol. The minimum absolute atomic E-state index is 0.0972. The first-order chi connectivity index (χ1) is 10.1. The van der Waals surface area contributed by atoms with E-state index >= 15 is 0 Å². The molecule has 0 atom stereocenters. The summed E-state index contributed by atoms with van der Waals surface area (Å²) in [5.74, 6) is 0.667. The molecule has 1 aliphatic rings. The van der Waals surface area contributed by atoms with Crippen LogP contribution in [0.3, 0.4) is 0 Å². The number of benzene rings is 2. The molecule has 2 aromatic rings. The van der Waals surface area contributed by atoms with Crippen LogP contribution in [0.25, 0.3) is 0 Å². The molecule has 0 spiro atoms. The van der Waals surface area contributed by atoms with E-state index in [0.29, 0.717) is 17.5 Å². The van der Waals surface area contributed by atoms with Crippen molar-refractivity contribution in [2.24, 2.45) is 0 Å². The van der Waals surface area contributed by atoms with Crippen LogP contribution in [-0.2, 0) is 6.54 Å². The Morgan fingerprint density at radius 2 is 1.90 bits per heavy atom. The Kier molecular flexibility index (Phi) is 4.13. The summed E-state index contributed by atoms with van der Waals surface area (Å²) in [4.78, 5) is 0. The van der Waals surface area contributed by atoms with Crippen LogP contribution in [0.5, 0.6) is 11.5 Å². The van der Waals surface area contributed by atoms with Gasteiger partial charge >= 0.3 is 0 Å². The Hall–Kier alpha value is -1.58. The Labute approximate surface area is 128 Å². The van der Waals surface area contributed by atoms with Gasteiger partial charge in [0.2, 0.25) is 0 Å². The highest BCUT2D eigenvalue weighted by Gasteiger charge is 2.20. The first kappa shape index (κ1) is 14.4. The van der Waals surface area contributed by atoms with Crippen LogP contribution >= 0.6 is 11.6 Å². The maximum Gasteiger partial charge on any atom is 0.145 e. The van der Waals surface area contributed by atoms with Crippen molar-refractivity contribution in [1.82, 2.24) is 5.32 Å². The van der Waals surface area contributed by atoms with Crippen molar-refractivity contribution in [2.75, 3.05) is 0 Å². The molecule has 1 fully saturated rings. The molecule has 0 unspecified atom stereocenters. The molecule has 4 heteroatoms. The van der Waals surface area contributed by atoms with Crippen molar-refractivity contribution in [2.45, 2.75) is 32.4 Å². The van der Waals surface area contributed by atoms with E-state index in [9.17, 15) is 4.39 Å². The summed E-state index contributed by atoms with van der Waals surface area (Å²) < 4.78 is 19.1. The molecule has 0 aromatic heterocycles. The third-order valence-corrected chi connectivity index (χ3v) is 3.91. The Morgan fingerprint density at radius 1 is 1.19 bits per heavy atom. The molecule has 3 rings (SSSR count). The molecule has 110 valence electrons. The van der Waals surface area contributed by atoms with Gasteiger partial charge in [0.15, 0.2) is 0 Å². The lowest BCUT2D eigenvalue weighted by Crippen LogP contribution is -2.15. The van der Waals surface area contributed by atoms with Crippen molar-refractivity contribution < 1.29 is 9.13 Å². The summed E-state index contributed by atoms with van der Waals surface area (Å²) in [6.07, 6.45) is 2.56. The van der Waals surface area contributed by atoms with Gasteiger partial charge in [-0.2, -0.15) is 0 Å². The Bertz CT molecular complexity index is 655. The zero-order valence-electron chi connectivity index (χ0n) is 11.8. The molecule has 0 amide bonds. The lowest BCUT2D eigenvalue weighted by molar-refractivity contribution is 0.476. The van der Waals surface area contributed by atoms with Gasteiger partial charge in [-0.25, -0.2) is 4.39 Å². The Balaban J connectivity index is 1.70. The van der Waals surface area contributed by atoms with Crippen LogP contribution in [0.4, 0.5) is 4.39 Å². The average Bonchev–Trinajstić information content (AvgIpc) is 3.26. The second-order valence-electron chi connectivity index (χ2n) is 5.42. The fourth-order valence-electron chi connectivity index (χ4n) is 2.15. The number of ether oxygens (including phenoxy) is 1. The maximum atomic E-state index is 13.4. The molecular formula is C17H17ClFNO. The van der Waals surface area contributed by atoms with Crippen LogP contribution < -0.4 is 10.1 Å². The number of hydrogen-bond donors (Lipinski definition) is 1. The van der Waals surface area contributed by atoms with Crippen LogP contribution in [0.15, 0.2) is 36.4 Å². The van der Waals surface area contributed by atoms with E-state index in [1.807, 2.05) is 18.2 Å². The van der Waals surface area contributed by atoms with Gasteiger partial charge in [-0.05, 0) is 55.2 Å². The van der Waals surface area contributed by atoms with Crippen LogP contribution in [0.1, 0.15) is 24.0 Å². The number of rotatable bonds is 5. The van der Waals surface area contributed by atoms with Gasteiger partial charge in [0, 0.05) is 18.7 Å². The SMILES string of the molecule is Cc1cc(Oc2ccc(Cl)c(F)c2)ccc1CNC1CC1. The van der Waals surface area contributed by atoms with E-state index in [2.05, 4.69) is 12.2 Å². The van der Waals surface area contributed by atoms with Crippen LogP contribution in [-0.4, -0.2) is 6.04 Å². The zero-order chi connectivity index (χ0) is 14.8. The van der Waals surface area contributed by atoms with Crippen molar-refractivity contribution in [3.63, 3.8) is 0 Å². The minimum Gasteiger partial charge on any atom is -0.457 e. The summed E-state index contributed by atoms with van der Waals surface area (Å²) in [6.45, 7) is 2.94. The minimum atomic E-state index is -0.476. The van der Waals surface area contributed by atoms with Gasteiger partial charge in [-0.15, -0.1) is 0 Å². The fraction of sp³-hybridized carbons (Fsp3) is 0.294. The van der Waals surface area contributed by atoms with E-state index in [1.54, 1.807) is 6.07 Å². The van der Waals surface area contributed by atoms with Gasteiger partial charge < -0.3 is 10.1 Å². The normalized spacial score (nSPS) is 14.2. The smallest absolute Gasteiger partial charge is 0.145 e. The largest absolute Gasteiger partial charge is 0.457 e. The highest BCUT2D eigenvalue weighted by atomic mass is 35.5. The quantitative estimate of drug-likeness (QED) is 0.854. The second-order valence-corrected chi connectivity index (χ2v) is 5.83. The standard InChI is InChI=1S/C17H17ClFNO/c1-11-8-14(5-2-12(11)10-20-13-3-4-13)21-15-6-7-16(18)17(19)9-15/h2,5-9,13,20H,3-4,10H2,1H3. The lowest BCUT2D eigenvalue weighted by Gasteiger charge is -2.11. The van der Waals surface area contributed by atoms with Crippen molar-refractivity contribution in [1.29, 1.82) is 0 Å². The molecule has 0 saturated heterocycles. The molecule has 1 aliphatic carbocycles. The van der Waals surface area contributed by atoms with E-state index in [-0.39, 0.29) is 5.02 Å². The summed E-state index contributed by atoms with van der Waals surface area (Å²) >= 11 is 5.66. The lowest BCUT2D eigenvalue weighted by atomic mass is 10.1. The summed E-state index contributed by atoms with van der Waals surface area (Å²) in [5.41, 5.74) is 2.42. The topological polar surface area (TPSA) is 21.3 Å². The molecule has 0 bridgehead atoms. The van der Waals surface area contributed by atoms with Crippen molar-refractivity contribution in [3.8, 4) is 11.5 Å². The van der Waals surface area contributed by atoms with Crippen molar-refractivity contribution in [3.05, 3.63) is 58.4 Å². The number of aryl methyl sites for hydroxylation is 1. The van der Waals surface area contributed by atoms with E-state index in [1.165, 1.54) is 30.5 Å². The third-order valence-electron chi connectivity index (χ3n) is 3.60. The third kappa shape index (κ3) is 3.74. The summed E-state index contributed by atoms with van der Waals surface area (Å²) in [6, 6.07) is 11.1. The molecule has 0 radical (unpaired) electrons. The van der Waals surface area contributed by atoms with Gasteiger partial charge in [-0.1, -0.05) is 17.7 Å². The molecule has 1 N–H and O–H groups in total. The zero-order valence-corrected chi connectivity index (χ0v) is 12.6. The predicted octanol–water partition coefficient (Wildman–Crippen LogP) is 4.83. The van der Waals surface area contributed by atoms with Crippen molar-refractivity contribution >= 4 is 11.6 Å². The number of halogens is 2. The fourth-order valence-corrected chi connectivity index (χ4v) is 2.27. The monoisotopic (exact) mass is 305 g/mol. The molecule has 0 heterocycles. The van der Waals surface area contributed by atoms with E-state index in [0.717, 1.165) is 12.1 Å². The van der Waals surface area contributed by atoms with Crippen LogP contribution in [0.2, 0.25) is 5.02 Å². The van der Waals surface area contributed by atoms with Gasteiger partial charge in [0.05, 0.1) is 5.02 Å². The highest BCUT2D eigenvalue weighted by Crippen LogP contribution is 2.27. The first-order valence-corrected chi connectivity index (χ1v) is 7.45. The Morgan fingerprint density at radius 3 is 2.57 bits per heavy atom. The number of hydrogen-bond acceptors (Lipinski definition) is 2. The molecule has 0 aliphatic heterocycles. The molecule has 2 nitrogen and oxygen atoms in total. The summed E-state index contributed by atoms with van der Waals surface area (Å²) in [5, 5.41) is 3.59. The second kappa shape index (κ2) is 6.04. The summed E-state index contributed by atoms with van der Waals surface area (Å²) in [7, 11) is 0. The molecule has 1 saturated carbocycles. The van der Waals surface area contributed by atoms with E-state index < -0.39 is 5.82 Å². The first-order valence-electron chi connectivity index (χ1n) is 7.07. The molecular weight excluding hydrogens is 289 g/mol. The number of nitrogens with one attached hydrogen (secondary N) is 1. The van der Waals surface area contributed by atoms with Gasteiger partial charge in [0.1, 0.15) is 17.3 Å². The van der Waals surface area contributed by atoms with Gasteiger partial charge in [-0.3, -0.25) is 0 Å². The van der Waals surface area contributed by atoms with E-state index in [4.69, 9.17) is 16.3 Å². The highest BCUT2D eigenvalue weighted by molar-refractivity contribution is 6.30.